The molecule has 6 heteroatoms. The number of Topliss-reactive ketones (excluding diaryl/α,β-unsaturated/α-hetero) is 1. The third-order valence-corrected chi connectivity index (χ3v) is 3.29. The van der Waals surface area contributed by atoms with E-state index in [-0.39, 0.29) is 12.2 Å². The minimum Gasteiger partial charge on any atom is -0.483 e. The van der Waals surface area contributed by atoms with Gasteiger partial charge in [0.1, 0.15) is 18.0 Å². The number of aliphatic hydroxyl groups excluding tert-OH is 3. The Balaban J connectivity index is 2.98. The zero-order valence-electron chi connectivity index (χ0n) is 11.6. The maximum absolute atomic E-state index is 12.3. The Morgan fingerprint density at radius 2 is 1.95 bits per heavy atom. The van der Waals surface area contributed by atoms with Gasteiger partial charge in [0.25, 0.3) is 0 Å². The first-order chi connectivity index (χ1) is 9.84. The van der Waals surface area contributed by atoms with E-state index in [0.717, 1.165) is 0 Å². The van der Waals surface area contributed by atoms with E-state index in [1.54, 1.807) is 0 Å². The second kappa shape index (κ2) is 6.82. The number of hydrogen-bond donors (Lipinski definition) is 4. The molecular formula is C15H20O6. The van der Waals surface area contributed by atoms with Crippen molar-refractivity contribution < 1.29 is 30.0 Å². The second-order valence-corrected chi connectivity index (χ2v) is 4.70. The molecule has 0 amide bonds. The van der Waals surface area contributed by atoms with E-state index in [0.29, 0.717) is 0 Å². The van der Waals surface area contributed by atoms with Gasteiger partial charge >= 0.3 is 0 Å². The van der Waals surface area contributed by atoms with Crippen molar-refractivity contribution in [3.63, 3.8) is 0 Å². The molecule has 1 aliphatic heterocycles. The van der Waals surface area contributed by atoms with Crippen LogP contribution in [-0.4, -0.2) is 56.2 Å². The van der Waals surface area contributed by atoms with Crippen LogP contribution >= 0.6 is 0 Å². The Morgan fingerprint density at radius 1 is 1.33 bits per heavy atom. The summed E-state index contributed by atoms with van der Waals surface area (Å²) in [6.45, 7) is 10.2. The van der Waals surface area contributed by atoms with Crippen molar-refractivity contribution in [1.82, 2.24) is 0 Å². The molecule has 0 spiro atoms. The van der Waals surface area contributed by atoms with E-state index in [1.165, 1.54) is 24.3 Å². The molecule has 0 aromatic rings. The van der Waals surface area contributed by atoms with Crippen molar-refractivity contribution >= 4 is 5.78 Å². The molecule has 5 atom stereocenters. The second-order valence-electron chi connectivity index (χ2n) is 4.70. The van der Waals surface area contributed by atoms with E-state index in [1.807, 2.05) is 0 Å². The normalized spacial score (nSPS) is 30.5. The van der Waals surface area contributed by atoms with E-state index in [4.69, 9.17) is 4.74 Å². The lowest BCUT2D eigenvalue weighted by Crippen LogP contribution is -2.65. The van der Waals surface area contributed by atoms with E-state index in [2.05, 4.69) is 19.7 Å². The molecule has 0 aromatic carbocycles. The van der Waals surface area contributed by atoms with Crippen LogP contribution in [-0.2, 0) is 9.53 Å². The SMILES string of the molecule is C=CC=C1OC(C=C)[C@@]1(O)C(=O)[C@H](O)[C@H](O)C(O)CC=C. The zero-order chi connectivity index (χ0) is 16.2. The summed E-state index contributed by atoms with van der Waals surface area (Å²) in [6, 6.07) is 0. The standard InChI is InChI=1S/C15H20O6/c1-4-7-9(16)12(17)13(18)14(19)15(20)10(6-3)21-11(15)8-5-2/h4-6,8-10,12-13,16-18,20H,1-3,7H2/t9?,10?,12-,13-,15+/m1/s1. The van der Waals surface area contributed by atoms with Gasteiger partial charge in [-0.05, 0) is 18.6 Å². The highest BCUT2D eigenvalue weighted by Crippen LogP contribution is 2.39. The Hall–Kier alpha value is -1.73. The summed E-state index contributed by atoms with van der Waals surface area (Å²) < 4.78 is 5.13. The van der Waals surface area contributed by atoms with Crippen molar-refractivity contribution in [2.75, 3.05) is 0 Å². The maximum atomic E-state index is 12.3. The molecule has 0 radical (unpaired) electrons. The van der Waals surface area contributed by atoms with Gasteiger partial charge in [-0.3, -0.25) is 4.79 Å². The first-order valence-corrected chi connectivity index (χ1v) is 6.38. The molecule has 1 heterocycles. The van der Waals surface area contributed by atoms with Crippen molar-refractivity contribution in [3.8, 4) is 0 Å². The maximum Gasteiger partial charge on any atom is 0.223 e. The van der Waals surface area contributed by atoms with Gasteiger partial charge in [-0.25, -0.2) is 0 Å². The summed E-state index contributed by atoms with van der Waals surface area (Å²) in [5, 5.41) is 39.7. The van der Waals surface area contributed by atoms with Crippen molar-refractivity contribution in [2.24, 2.45) is 0 Å². The first-order valence-electron chi connectivity index (χ1n) is 6.38. The minimum atomic E-state index is -2.13. The third-order valence-electron chi connectivity index (χ3n) is 3.29. The number of allylic oxidation sites excluding steroid dienone is 2. The lowest BCUT2D eigenvalue weighted by atomic mass is 9.79. The average molecular weight is 296 g/mol. The fourth-order valence-electron chi connectivity index (χ4n) is 2.05. The minimum absolute atomic E-state index is 0.0132. The van der Waals surface area contributed by atoms with Crippen molar-refractivity contribution in [2.45, 2.75) is 36.4 Å². The molecule has 116 valence electrons. The summed E-state index contributed by atoms with van der Waals surface area (Å²) in [7, 11) is 0. The molecule has 1 fully saturated rings. The quantitative estimate of drug-likeness (QED) is 0.454. The van der Waals surface area contributed by atoms with Gasteiger partial charge in [0.2, 0.25) is 11.4 Å². The van der Waals surface area contributed by atoms with Gasteiger partial charge in [-0.1, -0.05) is 25.3 Å². The Labute approximate surface area is 123 Å². The number of aliphatic hydroxyl groups is 4. The van der Waals surface area contributed by atoms with E-state index < -0.39 is 35.8 Å². The molecule has 1 saturated heterocycles. The molecule has 1 aliphatic rings. The summed E-state index contributed by atoms with van der Waals surface area (Å²) in [4.78, 5) is 12.3. The number of ether oxygens (including phenoxy) is 1. The van der Waals surface area contributed by atoms with Crippen LogP contribution in [0.25, 0.3) is 0 Å². The van der Waals surface area contributed by atoms with Crippen LogP contribution in [0.15, 0.2) is 49.8 Å². The summed E-state index contributed by atoms with van der Waals surface area (Å²) in [5.74, 6) is -1.18. The number of ketones is 1. The fourth-order valence-corrected chi connectivity index (χ4v) is 2.05. The van der Waals surface area contributed by atoms with Gasteiger partial charge < -0.3 is 25.2 Å². The Bertz CT molecular complexity index is 469. The Kier molecular flexibility index (Phi) is 5.62. The molecule has 4 N–H and O–H groups in total. The number of carbonyl (C=O) groups is 1. The number of hydrogen-bond acceptors (Lipinski definition) is 6. The molecule has 0 aromatic heterocycles. The molecule has 2 unspecified atom stereocenters. The van der Waals surface area contributed by atoms with Gasteiger partial charge in [0.05, 0.1) is 6.10 Å². The van der Waals surface area contributed by atoms with Crippen LogP contribution in [0.1, 0.15) is 6.42 Å². The zero-order valence-corrected chi connectivity index (χ0v) is 11.6. The topological polar surface area (TPSA) is 107 Å². The molecule has 21 heavy (non-hydrogen) atoms. The fraction of sp³-hybridized carbons (Fsp3) is 0.400. The predicted octanol–water partition coefficient (Wildman–Crippen LogP) is -0.400. The predicted molar refractivity (Wildman–Crippen MR) is 76.1 cm³/mol. The van der Waals surface area contributed by atoms with Crippen LogP contribution in [0.5, 0.6) is 0 Å². The lowest BCUT2D eigenvalue weighted by molar-refractivity contribution is -0.192. The van der Waals surface area contributed by atoms with E-state index >= 15 is 0 Å². The largest absolute Gasteiger partial charge is 0.483 e. The highest BCUT2D eigenvalue weighted by atomic mass is 16.6. The molecule has 1 rings (SSSR count). The summed E-state index contributed by atoms with van der Waals surface area (Å²) in [6.07, 6.45) is -1.05. The van der Waals surface area contributed by atoms with Gasteiger partial charge in [0.15, 0.2) is 6.10 Å². The molecular weight excluding hydrogens is 276 g/mol. The molecule has 0 saturated carbocycles. The van der Waals surface area contributed by atoms with Crippen LogP contribution in [0.2, 0.25) is 0 Å². The van der Waals surface area contributed by atoms with Crippen LogP contribution < -0.4 is 0 Å². The Morgan fingerprint density at radius 3 is 2.43 bits per heavy atom. The first kappa shape index (κ1) is 17.3. The number of carbonyl (C=O) groups excluding carboxylic acids is 1. The summed E-state index contributed by atoms with van der Waals surface area (Å²) in [5.41, 5.74) is -2.13. The van der Waals surface area contributed by atoms with Gasteiger partial charge in [-0.15, -0.1) is 6.58 Å². The van der Waals surface area contributed by atoms with Gasteiger partial charge in [-0.2, -0.15) is 0 Å². The highest BCUT2D eigenvalue weighted by molar-refractivity contribution is 5.96. The van der Waals surface area contributed by atoms with Crippen LogP contribution in [0.3, 0.4) is 0 Å². The van der Waals surface area contributed by atoms with E-state index in [9.17, 15) is 25.2 Å². The third kappa shape index (κ3) is 2.98. The molecule has 6 nitrogen and oxygen atoms in total. The molecule has 0 aliphatic carbocycles. The average Bonchev–Trinajstić information content (AvgIpc) is 2.47. The highest BCUT2D eigenvalue weighted by Gasteiger charge is 2.59. The summed E-state index contributed by atoms with van der Waals surface area (Å²) >= 11 is 0. The molecule has 0 bridgehead atoms. The van der Waals surface area contributed by atoms with Crippen LogP contribution in [0, 0.1) is 0 Å². The smallest absolute Gasteiger partial charge is 0.223 e. The lowest BCUT2D eigenvalue weighted by Gasteiger charge is -2.45. The van der Waals surface area contributed by atoms with Crippen molar-refractivity contribution in [1.29, 1.82) is 0 Å². The van der Waals surface area contributed by atoms with Gasteiger partial charge in [0, 0.05) is 0 Å². The number of rotatable bonds is 8. The van der Waals surface area contributed by atoms with Crippen molar-refractivity contribution in [3.05, 3.63) is 49.8 Å². The monoisotopic (exact) mass is 296 g/mol. The van der Waals surface area contributed by atoms with Crippen LogP contribution in [0.4, 0.5) is 0 Å².